The molecule has 3 aromatic carbocycles. The second-order valence-electron chi connectivity index (χ2n) is 6.43. The molecule has 0 saturated carbocycles. The van der Waals surface area contributed by atoms with Gasteiger partial charge in [0, 0.05) is 10.6 Å². The molecule has 0 radical (unpaired) electrons. The molecule has 0 spiro atoms. The molecule has 0 aromatic heterocycles. The Morgan fingerprint density at radius 3 is 1.77 bits per heavy atom. The minimum Gasteiger partial charge on any atom is -0.461 e. The van der Waals surface area contributed by atoms with Crippen molar-refractivity contribution in [3.63, 3.8) is 0 Å². The van der Waals surface area contributed by atoms with E-state index < -0.39 is 13.3 Å². The highest BCUT2D eigenvalue weighted by Crippen LogP contribution is 2.50. The fourth-order valence-electron chi connectivity index (χ4n) is 3.08. The van der Waals surface area contributed by atoms with Gasteiger partial charge in [0.25, 0.3) is 0 Å². The van der Waals surface area contributed by atoms with E-state index in [1.807, 2.05) is 97.9 Å². The third-order valence-corrected chi connectivity index (χ3v) is 7.49. The smallest absolute Gasteiger partial charge is 0.356 e. The van der Waals surface area contributed by atoms with Gasteiger partial charge >= 0.3 is 5.97 Å². The zero-order valence-corrected chi connectivity index (χ0v) is 18.2. The lowest BCUT2D eigenvalue weighted by atomic mass is 10.2. The van der Waals surface area contributed by atoms with Crippen LogP contribution in [-0.2, 0) is 14.1 Å². The lowest BCUT2D eigenvalue weighted by Crippen LogP contribution is -2.19. The molecule has 0 N–H and O–H groups in total. The van der Waals surface area contributed by atoms with Gasteiger partial charge in [0.15, 0.2) is 5.70 Å². The van der Waals surface area contributed by atoms with Crippen LogP contribution < -0.4 is 10.6 Å². The molecule has 3 aromatic rings. The first-order valence-corrected chi connectivity index (χ1v) is 11.7. The molecule has 0 saturated heterocycles. The van der Waals surface area contributed by atoms with Crippen LogP contribution in [0.15, 0.2) is 101 Å². The quantitative estimate of drug-likeness (QED) is 0.279. The normalized spacial score (nSPS) is 11.7. The first-order valence-electron chi connectivity index (χ1n) is 10.0. The standard InChI is InChI=1S/C25H26NO3P/c1-3-28-25(27)24(20-21-14-8-5-9-15-21)26-30(29-4-2,22-16-10-6-11-17-22)23-18-12-7-13-19-23/h5-20H,3-4H2,1-2H3/b24-20+. The highest BCUT2D eigenvalue weighted by molar-refractivity contribution is 7.76. The molecule has 4 nitrogen and oxygen atoms in total. The van der Waals surface area contributed by atoms with Gasteiger partial charge in [-0.1, -0.05) is 91.0 Å². The summed E-state index contributed by atoms with van der Waals surface area (Å²) in [5, 5.41) is 1.89. The van der Waals surface area contributed by atoms with Crippen molar-refractivity contribution in [2.75, 3.05) is 13.2 Å². The van der Waals surface area contributed by atoms with E-state index in [1.165, 1.54) is 0 Å². The Labute approximate surface area is 178 Å². The Balaban J connectivity index is 2.31. The molecule has 0 bridgehead atoms. The van der Waals surface area contributed by atoms with Crippen LogP contribution in [0.3, 0.4) is 0 Å². The summed E-state index contributed by atoms with van der Waals surface area (Å²) in [6.45, 7) is 4.47. The minimum atomic E-state index is -2.72. The molecule has 0 unspecified atom stereocenters. The van der Waals surface area contributed by atoms with Crippen LogP contribution in [0.5, 0.6) is 0 Å². The monoisotopic (exact) mass is 419 g/mol. The van der Waals surface area contributed by atoms with Crippen LogP contribution in [0, 0.1) is 0 Å². The summed E-state index contributed by atoms with van der Waals surface area (Å²) in [6, 6.07) is 29.4. The summed E-state index contributed by atoms with van der Waals surface area (Å²) >= 11 is 0. The summed E-state index contributed by atoms with van der Waals surface area (Å²) in [6.07, 6.45) is 1.76. The van der Waals surface area contributed by atoms with Gasteiger partial charge in [0.1, 0.15) is 7.28 Å². The zero-order valence-electron chi connectivity index (χ0n) is 17.3. The molecule has 0 atom stereocenters. The van der Waals surface area contributed by atoms with Gasteiger partial charge in [-0.05, 0) is 25.5 Å². The number of rotatable bonds is 8. The van der Waals surface area contributed by atoms with Crippen LogP contribution >= 0.6 is 7.28 Å². The molecular weight excluding hydrogens is 393 g/mol. The van der Waals surface area contributed by atoms with Gasteiger partial charge in [-0.2, -0.15) is 0 Å². The van der Waals surface area contributed by atoms with E-state index in [-0.39, 0.29) is 12.3 Å². The molecule has 5 heteroatoms. The van der Waals surface area contributed by atoms with E-state index in [0.29, 0.717) is 6.61 Å². The molecular formula is C25H26NO3P. The fraction of sp³-hybridized carbons (Fsp3) is 0.160. The number of esters is 1. The van der Waals surface area contributed by atoms with E-state index in [0.717, 1.165) is 16.2 Å². The second-order valence-corrected chi connectivity index (χ2v) is 9.07. The van der Waals surface area contributed by atoms with Crippen molar-refractivity contribution in [1.29, 1.82) is 0 Å². The van der Waals surface area contributed by atoms with Gasteiger partial charge in [-0.15, -0.1) is 0 Å². The number of hydrogen-bond acceptors (Lipinski definition) is 4. The largest absolute Gasteiger partial charge is 0.461 e. The maximum absolute atomic E-state index is 12.9. The summed E-state index contributed by atoms with van der Waals surface area (Å²) in [5.74, 6) is -0.461. The molecule has 0 amide bonds. The number of benzene rings is 3. The Kier molecular flexibility index (Phi) is 7.78. The molecule has 0 aliphatic carbocycles. The highest BCUT2D eigenvalue weighted by Gasteiger charge is 2.28. The van der Waals surface area contributed by atoms with Crippen LogP contribution in [0.1, 0.15) is 19.4 Å². The number of carbonyl (C=O) groups excluding carboxylic acids is 1. The van der Waals surface area contributed by atoms with Gasteiger partial charge in [0.05, 0.1) is 13.2 Å². The average molecular weight is 419 g/mol. The zero-order chi connectivity index (χ0) is 21.2. The maximum Gasteiger partial charge on any atom is 0.356 e. The van der Waals surface area contributed by atoms with E-state index in [1.54, 1.807) is 13.0 Å². The lowest BCUT2D eigenvalue weighted by Gasteiger charge is -2.25. The summed E-state index contributed by atoms with van der Waals surface area (Å²) < 4.78 is 16.8. The van der Waals surface area contributed by atoms with Crippen molar-refractivity contribution < 1.29 is 14.1 Å². The van der Waals surface area contributed by atoms with Crippen molar-refractivity contribution in [2.45, 2.75) is 13.8 Å². The van der Waals surface area contributed by atoms with E-state index in [4.69, 9.17) is 14.0 Å². The summed E-state index contributed by atoms with van der Waals surface area (Å²) in [4.78, 5) is 12.9. The van der Waals surface area contributed by atoms with E-state index in [9.17, 15) is 4.79 Å². The third-order valence-electron chi connectivity index (χ3n) is 4.36. The van der Waals surface area contributed by atoms with Crippen molar-refractivity contribution in [3.05, 3.63) is 102 Å². The SMILES string of the molecule is CCOC(=O)/C(=C\c1ccccc1)N=P(OCC)(c1ccccc1)c1ccccc1. The van der Waals surface area contributed by atoms with Crippen LogP contribution in [-0.4, -0.2) is 19.2 Å². The second kappa shape index (κ2) is 10.7. The Morgan fingerprint density at radius 1 is 0.800 bits per heavy atom. The topological polar surface area (TPSA) is 47.9 Å². The third kappa shape index (κ3) is 5.15. The fourth-order valence-corrected chi connectivity index (χ4v) is 5.94. The predicted octanol–water partition coefficient (Wildman–Crippen LogP) is 5.39. The average Bonchev–Trinajstić information content (AvgIpc) is 2.80. The first-order chi connectivity index (χ1) is 14.7. The molecule has 0 aliphatic rings. The minimum absolute atomic E-state index is 0.248. The van der Waals surface area contributed by atoms with E-state index in [2.05, 4.69) is 0 Å². The molecule has 0 fully saturated rings. The highest BCUT2D eigenvalue weighted by atomic mass is 31.2. The van der Waals surface area contributed by atoms with Gasteiger partial charge in [-0.25, -0.2) is 9.54 Å². The Bertz CT molecular complexity index is 988. The van der Waals surface area contributed by atoms with Crippen molar-refractivity contribution in [3.8, 4) is 0 Å². The lowest BCUT2D eigenvalue weighted by molar-refractivity contribution is -0.138. The Morgan fingerprint density at radius 2 is 1.30 bits per heavy atom. The van der Waals surface area contributed by atoms with E-state index >= 15 is 0 Å². The molecule has 3 rings (SSSR count). The summed E-state index contributed by atoms with van der Waals surface area (Å²) in [5.41, 5.74) is 1.12. The van der Waals surface area contributed by atoms with Gasteiger partial charge in [-0.3, -0.25) is 0 Å². The molecule has 154 valence electrons. The van der Waals surface area contributed by atoms with Crippen LogP contribution in [0.4, 0.5) is 0 Å². The molecule has 30 heavy (non-hydrogen) atoms. The van der Waals surface area contributed by atoms with Crippen LogP contribution in [0.25, 0.3) is 6.08 Å². The van der Waals surface area contributed by atoms with Gasteiger partial charge < -0.3 is 9.26 Å². The Hall–Kier alpha value is -2.94. The number of carbonyl (C=O) groups is 1. The number of hydrogen-bond donors (Lipinski definition) is 0. The van der Waals surface area contributed by atoms with Gasteiger partial charge in [0.2, 0.25) is 0 Å². The number of nitrogens with zero attached hydrogens (tertiary/aromatic N) is 1. The molecule has 0 aliphatic heterocycles. The number of ether oxygens (including phenoxy) is 1. The van der Waals surface area contributed by atoms with Crippen LogP contribution in [0.2, 0.25) is 0 Å². The molecule has 0 heterocycles. The van der Waals surface area contributed by atoms with Crippen molar-refractivity contribution >= 4 is 29.9 Å². The van der Waals surface area contributed by atoms with Crippen molar-refractivity contribution in [1.82, 2.24) is 0 Å². The first kappa shape index (κ1) is 21.8. The predicted molar refractivity (Wildman–Crippen MR) is 124 cm³/mol. The summed E-state index contributed by atoms with van der Waals surface area (Å²) in [7, 11) is -2.72. The maximum atomic E-state index is 12.9. The van der Waals surface area contributed by atoms with Crippen molar-refractivity contribution in [2.24, 2.45) is 4.74 Å².